The predicted octanol–water partition coefficient (Wildman–Crippen LogP) is 12.3. The Labute approximate surface area is 418 Å². The first-order valence-electron chi connectivity index (χ1n) is 26.1. The van der Waals surface area contributed by atoms with Crippen LogP contribution in [-0.4, -0.2) is 16.4 Å². The Hall–Kier alpha value is -1.62. The van der Waals surface area contributed by atoms with Crippen LogP contribution in [0.4, 0.5) is 11.4 Å². The number of nitrogens with zero attached hydrogens (tertiary/aromatic N) is 3. The summed E-state index contributed by atoms with van der Waals surface area (Å²) in [7, 11) is 0. The van der Waals surface area contributed by atoms with Gasteiger partial charge in [0.25, 0.3) is 0 Å². The van der Waals surface area contributed by atoms with Crippen LogP contribution < -0.4 is 24.8 Å². The number of halogens is 3. The molecule has 0 saturated heterocycles. The molecule has 1 radical (unpaired) electrons. The van der Waals surface area contributed by atoms with E-state index in [0.29, 0.717) is 35.5 Å². The molecule has 1 heterocycles. The van der Waals surface area contributed by atoms with Gasteiger partial charge in [0.05, 0.1) is 34.2 Å². The van der Waals surface area contributed by atoms with Gasteiger partial charge in [-0.1, -0.05) is 151 Å². The van der Waals surface area contributed by atoms with E-state index >= 15 is 0 Å². The van der Waals surface area contributed by atoms with Gasteiger partial charge in [0.2, 0.25) is 0 Å². The van der Waals surface area contributed by atoms with Crippen LogP contribution in [0.2, 0.25) is 5.02 Å². The number of aliphatic imine (C=N–C) groups is 2. The first-order valence-corrected chi connectivity index (χ1v) is 26.5. The van der Waals surface area contributed by atoms with Gasteiger partial charge in [0.1, 0.15) is 0 Å². The third-order valence-corrected chi connectivity index (χ3v) is 17.0. The molecule has 0 amide bonds. The molecule has 1 aromatic heterocycles. The second-order valence-electron chi connectivity index (χ2n) is 21.1. The summed E-state index contributed by atoms with van der Waals surface area (Å²) >= 11 is 7.12. The summed E-state index contributed by atoms with van der Waals surface area (Å²) in [6.07, 6.45) is 40.3. The normalized spacial score (nSPS) is 22.0. The smallest absolute Gasteiger partial charge is 1.00 e. The molecule has 6 saturated carbocycles. The van der Waals surface area contributed by atoms with Crippen LogP contribution in [-0.2, 0) is 18.6 Å². The summed E-state index contributed by atoms with van der Waals surface area (Å²) in [5, 5.41) is 0.726. The average Bonchev–Trinajstić information content (AvgIpc) is 3.33. The minimum atomic E-state index is 0. The van der Waals surface area contributed by atoms with E-state index in [1.165, 1.54) is 204 Å². The van der Waals surface area contributed by atoms with Crippen LogP contribution in [0.15, 0.2) is 46.4 Å². The Morgan fingerprint density at radius 1 is 0.391 bits per heavy atom. The zero-order valence-electron chi connectivity index (χ0n) is 39.6. The van der Waals surface area contributed by atoms with E-state index in [4.69, 9.17) is 26.6 Å². The predicted molar refractivity (Wildman–Crippen MR) is 261 cm³/mol. The SMILES string of the molecule is CC(=Nc1c(C2CCCCC2)cc(C2CCCCC2)cc1C1CCCCC1)c1cc(Cl)cc(C(C)=Nc2c(C3CCCCC3)cc(C3CCCCC3)cc2C2CCCCC2)n1.[Cl-].[Cl-].[V+2]. The number of hydrogen-bond acceptors (Lipinski definition) is 3. The van der Waals surface area contributed by atoms with Crippen molar-refractivity contribution in [2.75, 3.05) is 0 Å². The topological polar surface area (TPSA) is 37.6 Å². The van der Waals surface area contributed by atoms with E-state index in [1.807, 2.05) is 0 Å². The summed E-state index contributed by atoms with van der Waals surface area (Å²) in [5.74, 6) is 3.82. The van der Waals surface area contributed by atoms with Crippen molar-refractivity contribution in [3.8, 4) is 0 Å². The van der Waals surface area contributed by atoms with E-state index in [2.05, 4.69) is 50.2 Å². The molecule has 0 atom stereocenters. The molecule has 7 heteroatoms. The molecular weight excluding hydrogens is 884 g/mol. The molecule has 2 aromatic carbocycles. The number of benzene rings is 2. The van der Waals surface area contributed by atoms with Crippen LogP contribution >= 0.6 is 11.6 Å². The maximum absolute atomic E-state index is 7.12. The van der Waals surface area contributed by atoms with Gasteiger partial charge in [-0.15, -0.1) is 0 Å². The maximum Gasteiger partial charge on any atom is 2.00 e. The fraction of sp³-hybridized carbons (Fsp3) is 0.667. The van der Waals surface area contributed by atoms with Gasteiger partial charge < -0.3 is 24.8 Å². The minimum Gasteiger partial charge on any atom is -1.00 e. The number of rotatable bonds is 10. The summed E-state index contributed by atoms with van der Waals surface area (Å²) in [4.78, 5) is 16.9. The quantitative estimate of drug-likeness (QED) is 0.187. The summed E-state index contributed by atoms with van der Waals surface area (Å²) in [6.45, 7) is 4.40. The molecule has 0 unspecified atom stereocenters. The van der Waals surface area contributed by atoms with Crippen LogP contribution in [0.1, 0.15) is 287 Å². The van der Waals surface area contributed by atoms with Gasteiger partial charge in [0, 0.05) is 5.02 Å². The van der Waals surface area contributed by atoms with Crippen LogP contribution in [0.5, 0.6) is 0 Å². The monoisotopic (exact) mass is 960 g/mol. The van der Waals surface area contributed by atoms with Crippen molar-refractivity contribution in [1.82, 2.24) is 4.98 Å². The number of aromatic nitrogens is 1. The molecule has 0 spiro atoms. The Bertz CT molecular complexity index is 1790. The van der Waals surface area contributed by atoms with Crippen molar-refractivity contribution in [2.24, 2.45) is 9.98 Å². The van der Waals surface area contributed by atoms with Crippen LogP contribution in [0.25, 0.3) is 0 Å². The van der Waals surface area contributed by atoms with Gasteiger partial charge >= 0.3 is 18.6 Å². The fourth-order valence-electron chi connectivity index (χ4n) is 13.2. The van der Waals surface area contributed by atoms with Crippen molar-refractivity contribution in [3.63, 3.8) is 0 Å². The van der Waals surface area contributed by atoms with Crippen molar-refractivity contribution < 1.29 is 43.4 Å². The standard InChI is InChI=1S/C57H78ClN3.2ClH.V/c1-39(59-56-50(43-25-13-5-14-26-43)33-47(41-21-9-3-10-22-41)34-51(56)44-27-15-6-16-28-44)54-37-49(58)38-55(61-54)40(2)60-57-52(45-29-17-7-18-30-45)35-48(42-23-11-4-12-24-42)36-53(57)46-31-19-8-20-32-46;;;/h33-38,41-46H,3-32H2,1-2H3;2*1H;/q;;;+2/p-2. The summed E-state index contributed by atoms with van der Waals surface area (Å²) in [6, 6.07) is 14.8. The molecule has 0 N–H and O–H groups in total. The van der Waals surface area contributed by atoms with E-state index in [1.54, 1.807) is 33.4 Å². The van der Waals surface area contributed by atoms with Gasteiger partial charge in [-0.2, -0.15) is 0 Å². The molecule has 6 aliphatic rings. The molecule has 64 heavy (non-hydrogen) atoms. The van der Waals surface area contributed by atoms with Crippen molar-refractivity contribution in [2.45, 2.75) is 242 Å². The molecule has 6 aliphatic carbocycles. The van der Waals surface area contributed by atoms with Crippen LogP contribution in [0, 0.1) is 0 Å². The zero-order valence-corrected chi connectivity index (χ0v) is 43.2. The molecular formula is C57H78Cl3N3V. The van der Waals surface area contributed by atoms with Crippen molar-refractivity contribution in [3.05, 3.63) is 86.2 Å². The van der Waals surface area contributed by atoms with Gasteiger partial charge in [-0.25, -0.2) is 4.98 Å². The third kappa shape index (κ3) is 12.5. The molecule has 3 nitrogen and oxygen atoms in total. The summed E-state index contributed by atoms with van der Waals surface area (Å²) in [5.41, 5.74) is 15.8. The van der Waals surface area contributed by atoms with E-state index in [-0.39, 0.29) is 43.4 Å². The average molecular weight is 963 g/mol. The fourth-order valence-corrected chi connectivity index (χ4v) is 13.4. The largest absolute Gasteiger partial charge is 2.00 e. The van der Waals surface area contributed by atoms with E-state index < -0.39 is 0 Å². The Morgan fingerprint density at radius 3 is 0.875 bits per heavy atom. The zero-order chi connectivity index (χ0) is 41.5. The second-order valence-corrected chi connectivity index (χ2v) is 21.5. The summed E-state index contributed by atoms with van der Waals surface area (Å²) < 4.78 is 0. The minimum absolute atomic E-state index is 0. The molecule has 3 aromatic rings. The van der Waals surface area contributed by atoms with Crippen molar-refractivity contribution >= 4 is 34.4 Å². The van der Waals surface area contributed by atoms with Crippen molar-refractivity contribution in [1.29, 1.82) is 0 Å². The Balaban J connectivity index is 0.00000227. The van der Waals surface area contributed by atoms with Gasteiger partial charge in [0.15, 0.2) is 0 Å². The Kier molecular flexibility index (Phi) is 20.3. The Morgan fingerprint density at radius 2 is 0.625 bits per heavy atom. The molecule has 0 aliphatic heterocycles. The first-order chi connectivity index (χ1) is 30.0. The number of hydrogen-bond donors (Lipinski definition) is 0. The van der Waals surface area contributed by atoms with Gasteiger partial charge in [-0.3, -0.25) is 9.98 Å². The third-order valence-electron chi connectivity index (χ3n) is 16.8. The first kappa shape index (κ1) is 51.8. The van der Waals surface area contributed by atoms with Gasteiger partial charge in [-0.05, 0) is 172 Å². The maximum atomic E-state index is 7.12. The molecule has 6 fully saturated rings. The number of pyridine rings is 1. The van der Waals surface area contributed by atoms with Crippen LogP contribution in [0.3, 0.4) is 0 Å². The van der Waals surface area contributed by atoms with E-state index in [9.17, 15) is 0 Å². The van der Waals surface area contributed by atoms with E-state index in [0.717, 1.165) is 27.8 Å². The molecule has 9 rings (SSSR count). The molecule has 0 bridgehead atoms. The second kappa shape index (κ2) is 25.1. The molecule has 347 valence electrons.